The number of halogens is 4. The van der Waals surface area contributed by atoms with Gasteiger partial charge in [-0.3, -0.25) is 5.41 Å². The third-order valence-corrected chi connectivity index (χ3v) is 1.57. The Hall–Kier alpha value is -1.59. The first-order chi connectivity index (χ1) is 6.43. The Morgan fingerprint density at radius 2 is 1.57 bits per heavy atom. The number of hydrogen-bond acceptors (Lipinski definition) is 1. The standard InChI is InChI=1S/C8H6F4N2/c9-4-2-5(10)8(12)3(7(4)11)1-6(13)14/h2H,1H2,(H3,13,14). The molecule has 6 heteroatoms. The molecule has 3 N–H and O–H groups in total. The predicted molar refractivity (Wildman–Crippen MR) is 41.9 cm³/mol. The highest BCUT2D eigenvalue weighted by Crippen LogP contribution is 2.19. The predicted octanol–water partition coefficient (Wildman–Crippen LogP) is 1.72. The molecule has 0 bridgehead atoms. The van der Waals surface area contributed by atoms with Gasteiger partial charge in [0.25, 0.3) is 0 Å². The van der Waals surface area contributed by atoms with Crippen LogP contribution in [0, 0.1) is 28.7 Å². The van der Waals surface area contributed by atoms with Crippen molar-refractivity contribution in [3.05, 3.63) is 34.9 Å². The largest absolute Gasteiger partial charge is 0.387 e. The van der Waals surface area contributed by atoms with Gasteiger partial charge in [-0.15, -0.1) is 0 Å². The van der Waals surface area contributed by atoms with Crippen LogP contribution in [0.1, 0.15) is 5.56 Å². The first-order valence-corrected chi connectivity index (χ1v) is 3.58. The van der Waals surface area contributed by atoms with Gasteiger partial charge in [0, 0.05) is 18.1 Å². The van der Waals surface area contributed by atoms with Gasteiger partial charge >= 0.3 is 0 Å². The summed E-state index contributed by atoms with van der Waals surface area (Å²) in [6, 6.07) is 0.105. The van der Waals surface area contributed by atoms with Crippen molar-refractivity contribution in [1.29, 1.82) is 5.41 Å². The molecule has 0 atom stereocenters. The lowest BCUT2D eigenvalue weighted by Gasteiger charge is -2.05. The molecular formula is C8H6F4N2. The first-order valence-electron chi connectivity index (χ1n) is 3.58. The van der Waals surface area contributed by atoms with E-state index in [1.54, 1.807) is 0 Å². The second kappa shape index (κ2) is 3.65. The molecule has 0 unspecified atom stereocenters. The SMILES string of the molecule is N=C(N)Cc1c(F)c(F)cc(F)c1F. The van der Waals surface area contributed by atoms with E-state index in [0.29, 0.717) is 0 Å². The molecule has 0 heterocycles. The van der Waals surface area contributed by atoms with Gasteiger partial charge in [0.1, 0.15) is 0 Å². The minimum absolute atomic E-state index is 0.105. The fourth-order valence-corrected chi connectivity index (χ4v) is 0.968. The summed E-state index contributed by atoms with van der Waals surface area (Å²) in [6.45, 7) is 0. The molecule has 0 saturated carbocycles. The van der Waals surface area contributed by atoms with Crippen LogP contribution in [0.15, 0.2) is 6.07 Å². The lowest BCUT2D eigenvalue weighted by Crippen LogP contribution is -2.16. The summed E-state index contributed by atoms with van der Waals surface area (Å²) in [5.74, 6) is -6.61. The van der Waals surface area contributed by atoms with Crippen molar-refractivity contribution in [2.24, 2.45) is 5.73 Å². The Morgan fingerprint density at radius 3 is 1.93 bits per heavy atom. The molecule has 0 aliphatic rings. The molecule has 1 aromatic carbocycles. The normalized spacial score (nSPS) is 10.3. The van der Waals surface area contributed by atoms with Crippen molar-refractivity contribution >= 4 is 5.84 Å². The van der Waals surface area contributed by atoms with Gasteiger partial charge in [-0.25, -0.2) is 17.6 Å². The van der Waals surface area contributed by atoms with Gasteiger partial charge in [-0.2, -0.15) is 0 Å². The van der Waals surface area contributed by atoms with Gasteiger partial charge in [0.05, 0.1) is 5.84 Å². The van der Waals surface area contributed by atoms with Crippen LogP contribution in [-0.4, -0.2) is 5.84 Å². The summed E-state index contributed by atoms with van der Waals surface area (Å²) in [5, 5.41) is 6.77. The quantitative estimate of drug-likeness (QED) is 0.329. The summed E-state index contributed by atoms with van der Waals surface area (Å²) in [5.41, 5.74) is 4.00. The highest BCUT2D eigenvalue weighted by atomic mass is 19.2. The average Bonchev–Trinajstić information content (AvgIpc) is 2.09. The second-order valence-corrected chi connectivity index (χ2v) is 2.65. The van der Waals surface area contributed by atoms with E-state index in [1.165, 1.54) is 0 Å². The zero-order chi connectivity index (χ0) is 10.9. The fourth-order valence-electron chi connectivity index (χ4n) is 0.968. The summed E-state index contributed by atoms with van der Waals surface area (Å²) >= 11 is 0. The van der Waals surface area contributed by atoms with Crippen LogP contribution in [0.4, 0.5) is 17.6 Å². The molecule has 0 aliphatic heterocycles. The maximum absolute atomic E-state index is 12.9. The molecule has 0 spiro atoms. The van der Waals surface area contributed by atoms with Crippen molar-refractivity contribution in [2.75, 3.05) is 0 Å². The number of rotatable bonds is 2. The van der Waals surface area contributed by atoms with E-state index in [9.17, 15) is 17.6 Å². The van der Waals surface area contributed by atoms with Gasteiger partial charge in [-0.1, -0.05) is 0 Å². The fraction of sp³-hybridized carbons (Fsp3) is 0.125. The van der Waals surface area contributed by atoms with Crippen LogP contribution in [0.2, 0.25) is 0 Å². The second-order valence-electron chi connectivity index (χ2n) is 2.65. The highest BCUT2D eigenvalue weighted by molar-refractivity contribution is 5.79. The van der Waals surface area contributed by atoms with Crippen molar-refractivity contribution in [1.82, 2.24) is 0 Å². The van der Waals surface area contributed by atoms with E-state index < -0.39 is 41.1 Å². The van der Waals surface area contributed by atoms with Gasteiger partial charge in [0.2, 0.25) is 0 Å². The Balaban J connectivity index is 3.31. The van der Waals surface area contributed by atoms with E-state index >= 15 is 0 Å². The topological polar surface area (TPSA) is 49.9 Å². The average molecular weight is 206 g/mol. The molecule has 0 aliphatic carbocycles. The van der Waals surface area contributed by atoms with Crippen molar-refractivity contribution < 1.29 is 17.6 Å². The molecule has 14 heavy (non-hydrogen) atoms. The van der Waals surface area contributed by atoms with Gasteiger partial charge in [-0.05, 0) is 0 Å². The van der Waals surface area contributed by atoms with Gasteiger partial charge in [0.15, 0.2) is 23.3 Å². The number of benzene rings is 1. The summed E-state index contributed by atoms with van der Waals surface area (Å²) < 4.78 is 50.9. The van der Waals surface area contributed by atoms with Gasteiger partial charge < -0.3 is 5.73 Å². The Morgan fingerprint density at radius 1 is 1.14 bits per heavy atom. The van der Waals surface area contributed by atoms with E-state index in [0.717, 1.165) is 0 Å². The number of amidine groups is 1. The Kier molecular flexibility index (Phi) is 2.73. The van der Waals surface area contributed by atoms with Crippen LogP contribution in [0.3, 0.4) is 0 Å². The Labute approximate surface area is 76.8 Å². The third-order valence-electron chi connectivity index (χ3n) is 1.57. The molecule has 76 valence electrons. The molecule has 0 radical (unpaired) electrons. The Bertz CT molecular complexity index is 363. The number of nitrogens with one attached hydrogen (secondary N) is 1. The first kappa shape index (κ1) is 10.5. The highest BCUT2D eigenvalue weighted by Gasteiger charge is 2.19. The molecule has 1 rings (SSSR count). The smallest absolute Gasteiger partial charge is 0.165 e. The van der Waals surface area contributed by atoms with E-state index in [-0.39, 0.29) is 6.07 Å². The zero-order valence-corrected chi connectivity index (χ0v) is 6.87. The lowest BCUT2D eigenvalue weighted by molar-refractivity contribution is 0.443. The van der Waals surface area contributed by atoms with E-state index in [2.05, 4.69) is 0 Å². The van der Waals surface area contributed by atoms with Crippen LogP contribution < -0.4 is 5.73 Å². The van der Waals surface area contributed by atoms with Crippen LogP contribution >= 0.6 is 0 Å². The van der Waals surface area contributed by atoms with Crippen LogP contribution in [0.25, 0.3) is 0 Å². The number of hydrogen-bond donors (Lipinski definition) is 2. The van der Waals surface area contributed by atoms with Crippen LogP contribution in [0.5, 0.6) is 0 Å². The van der Waals surface area contributed by atoms with Crippen molar-refractivity contribution in [2.45, 2.75) is 6.42 Å². The molecule has 0 aromatic heterocycles. The summed E-state index contributed by atoms with van der Waals surface area (Å²) in [7, 11) is 0. The molecule has 0 fully saturated rings. The molecule has 2 nitrogen and oxygen atoms in total. The van der Waals surface area contributed by atoms with Crippen molar-refractivity contribution in [3.63, 3.8) is 0 Å². The molecule has 0 amide bonds. The molecule has 0 saturated heterocycles. The number of nitrogens with two attached hydrogens (primary N) is 1. The minimum atomic E-state index is -1.51. The molecule has 1 aromatic rings. The molecular weight excluding hydrogens is 200 g/mol. The van der Waals surface area contributed by atoms with Crippen molar-refractivity contribution in [3.8, 4) is 0 Å². The lowest BCUT2D eigenvalue weighted by atomic mass is 10.1. The maximum Gasteiger partial charge on any atom is 0.165 e. The van der Waals surface area contributed by atoms with Crippen LogP contribution in [-0.2, 0) is 6.42 Å². The minimum Gasteiger partial charge on any atom is -0.387 e. The van der Waals surface area contributed by atoms with E-state index in [1.807, 2.05) is 0 Å². The monoisotopic (exact) mass is 206 g/mol. The van der Waals surface area contributed by atoms with E-state index in [4.69, 9.17) is 11.1 Å². The third kappa shape index (κ3) is 1.84. The maximum atomic E-state index is 12.9. The zero-order valence-electron chi connectivity index (χ0n) is 6.87. The summed E-state index contributed by atoms with van der Waals surface area (Å²) in [4.78, 5) is 0. The summed E-state index contributed by atoms with van der Waals surface area (Å²) in [6.07, 6.45) is -0.660.